The zero-order valence-corrected chi connectivity index (χ0v) is 10.4. The molecule has 2 atom stereocenters. The van der Waals surface area contributed by atoms with Crippen LogP contribution in [0.5, 0.6) is 0 Å². The van der Waals surface area contributed by atoms with Crippen molar-refractivity contribution in [1.29, 1.82) is 0 Å². The molecule has 1 heterocycles. The number of hydrogen-bond donors (Lipinski definition) is 1. The van der Waals surface area contributed by atoms with Gasteiger partial charge in [0.15, 0.2) is 0 Å². The SMILES string of the molecule is CCCC1(O)CN(C(=O)C2CCCC2C)C1. The molecule has 3 heteroatoms. The summed E-state index contributed by atoms with van der Waals surface area (Å²) < 4.78 is 0. The number of rotatable bonds is 3. The van der Waals surface area contributed by atoms with Gasteiger partial charge >= 0.3 is 0 Å². The maximum atomic E-state index is 12.1. The van der Waals surface area contributed by atoms with E-state index in [4.69, 9.17) is 0 Å². The Balaban J connectivity index is 1.85. The standard InChI is InChI=1S/C13H23NO2/c1-3-7-13(16)8-14(9-13)12(15)11-6-4-5-10(11)2/h10-11,16H,3-9H2,1-2H3. The molecule has 1 aliphatic carbocycles. The Kier molecular flexibility index (Phi) is 3.24. The van der Waals surface area contributed by atoms with Gasteiger partial charge in [-0.1, -0.05) is 26.7 Å². The van der Waals surface area contributed by atoms with Crippen molar-refractivity contribution in [2.24, 2.45) is 11.8 Å². The summed E-state index contributed by atoms with van der Waals surface area (Å²) in [6.45, 7) is 5.36. The summed E-state index contributed by atoms with van der Waals surface area (Å²) in [4.78, 5) is 14.0. The molecular formula is C13H23NO2. The second-order valence-corrected chi connectivity index (χ2v) is 5.68. The molecule has 92 valence electrons. The van der Waals surface area contributed by atoms with E-state index in [1.807, 2.05) is 4.90 Å². The number of nitrogens with zero attached hydrogens (tertiary/aromatic N) is 1. The third-order valence-corrected chi connectivity index (χ3v) is 4.18. The van der Waals surface area contributed by atoms with E-state index in [1.165, 1.54) is 12.8 Å². The fraction of sp³-hybridized carbons (Fsp3) is 0.923. The molecule has 2 aliphatic rings. The molecule has 16 heavy (non-hydrogen) atoms. The third kappa shape index (κ3) is 2.10. The van der Waals surface area contributed by atoms with Crippen LogP contribution in [0, 0.1) is 11.8 Å². The van der Waals surface area contributed by atoms with E-state index >= 15 is 0 Å². The lowest BCUT2D eigenvalue weighted by Gasteiger charge is -2.47. The van der Waals surface area contributed by atoms with Crippen LogP contribution in [0.3, 0.4) is 0 Å². The number of amides is 1. The van der Waals surface area contributed by atoms with Crippen LogP contribution in [0.25, 0.3) is 0 Å². The Morgan fingerprint density at radius 3 is 2.62 bits per heavy atom. The Hall–Kier alpha value is -0.570. The third-order valence-electron chi connectivity index (χ3n) is 4.18. The van der Waals surface area contributed by atoms with Gasteiger partial charge < -0.3 is 10.0 Å². The minimum absolute atomic E-state index is 0.228. The van der Waals surface area contributed by atoms with Crippen LogP contribution in [0.4, 0.5) is 0 Å². The predicted octanol–water partition coefficient (Wildman–Crippen LogP) is 1.80. The van der Waals surface area contributed by atoms with Crippen LogP contribution in [-0.4, -0.2) is 34.6 Å². The fourth-order valence-electron chi connectivity index (χ4n) is 3.19. The van der Waals surface area contributed by atoms with Crippen LogP contribution >= 0.6 is 0 Å². The second kappa shape index (κ2) is 4.36. The second-order valence-electron chi connectivity index (χ2n) is 5.68. The quantitative estimate of drug-likeness (QED) is 0.795. The number of carbonyl (C=O) groups is 1. The van der Waals surface area contributed by atoms with Crippen molar-refractivity contribution in [3.05, 3.63) is 0 Å². The first-order valence-corrected chi connectivity index (χ1v) is 6.57. The molecule has 0 aromatic carbocycles. The normalized spacial score (nSPS) is 32.6. The molecular weight excluding hydrogens is 202 g/mol. The van der Waals surface area contributed by atoms with Crippen LogP contribution in [0.1, 0.15) is 46.0 Å². The minimum Gasteiger partial charge on any atom is -0.386 e. The Morgan fingerprint density at radius 2 is 2.12 bits per heavy atom. The highest BCUT2D eigenvalue weighted by Gasteiger charge is 2.45. The van der Waals surface area contributed by atoms with Gasteiger partial charge in [-0.05, 0) is 25.2 Å². The van der Waals surface area contributed by atoms with E-state index in [2.05, 4.69) is 13.8 Å². The maximum Gasteiger partial charge on any atom is 0.226 e. The number of aliphatic hydroxyl groups is 1. The van der Waals surface area contributed by atoms with Crippen molar-refractivity contribution in [2.45, 2.75) is 51.6 Å². The fourth-order valence-corrected chi connectivity index (χ4v) is 3.19. The molecule has 2 fully saturated rings. The molecule has 1 amide bonds. The lowest BCUT2D eigenvalue weighted by atomic mass is 9.86. The first-order valence-electron chi connectivity index (χ1n) is 6.57. The summed E-state index contributed by atoms with van der Waals surface area (Å²) in [5.74, 6) is 1.05. The molecule has 0 aromatic heterocycles. The lowest BCUT2D eigenvalue weighted by molar-refractivity contribution is -0.161. The largest absolute Gasteiger partial charge is 0.386 e. The van der Waals surface area contributed by atoms with Crippen molar-refractivity contribution in [3.63, 3.8) is 0 Å². The summed E-state index contributed by atoms with van der Waals surface area (Å²) in [7, 11) is 0. The Labute approximate surface area is 97.8 Å². The zero-order valence-electron chi connectivity index (χ0n) is 10.4. The van der Waals surface area contributed by atoms with Gasteiger partial charge in [0.2, 0.25) is 5.91 Å². The lowest BCUT2D eigenvalue weighted by Crippen LogP contribution is -2.64. The van der Waals surface area contributed by atoms with Crippen LogP contribution in [-0.2, 0) is 4.79 Å². The first-order chi connectivity index (χ1) is 7.56. The van der Waals surface area contributed by atoms with Gasteiger partial charge in [0, 0.05) is 5.92 Å². The summed E-state index contributed by atoms with van der Waals surface area (Å²) in [6.07, 6.45) is 5.21. The average Bonchev–Trinajstić information content (AvgIpc) is 2.60. The van der Waals surface area contributed by atoms with Crippen LogP contribution < -0.4 is 0 Å². The number of carbonyl (C=O) groups excluding carboxylic acids is 1. The molecule has 1 saturated carbocycles. The highest BCUT2D eigenvalue weighted by molar-refractivity contribution is 5.80. The first kappa shape index (κ1) is 11.9. The molecule has 0 spiro atoms. The van der Waals surface area contributed by atoms with Gasteiger partial charge in [0.25, 0.3) is 0 Å². The van der Waals surface area contributed by atoms with Gasteiger partial charge in [0.05, 0.1) is 18.7 Å². The molecule has 1 saturated heterocycles. The summed E-state index contributed by atoms with van der Waals surface area (Å²) in [6, 6.07) is 0. The molecule has 0 aromatic rings. The highest BCUT2D eigenvalue weighted by atomic mass is 16.3. The Bertz CT molecular complexity index is 271. The Morgan fingerprint density at radius 1 is 1.44 bits per heavy atom. The average molecular weight is 225 g/mol. The van der Waals surface area contributed by atoms with Gasteiger partial charge in [-0.3, -0.25) is 4.79 Å². The van der Waals surface area contributed by atoms with Gasteiger partial charge in [-0.2, -0.15) is 0 Å². The van der Waals surface area contributed by atoms with Crippen molar-refractivity contribution >= 4 is 5.91 Å². The molecule has 1 N–H and O–H groups in total. The van der Waals surface area contributed by atoms with E-state index in [9.17, 15) is 9.90 Å². The van der Waals surface area contributed by atoms with E-state index in [0.29, 0.717) is 19.0 Å². The van der Waals surface area contributed by atoms with Gasteiger partial charge in [0.1, 0.15) is 0 Å². The van der Waals surface area contributed by atoms with Crippen molar-refractivity contribution in [1.82, 2.24) is 4.90 Å². The van der Waals surface area contributed by atoms with E-state index < -0.39 is 5.60 Å². The van der Waals surface area contributed by atoms with Crippen molar-refractivity contribution in [2.75, 3.05) is 13.1 Å². The van der Waals surface area contributed by atoms with Crippen LogP contribution in [0.15, 0.2) is 0 Å². The molecule has 1 aliphatic heterocycles. The summed E-state index contributed by atoms with van der Waals surface area (Å²) >= 11 is 0. The zero-order chi connectivity index (χ0) is 11.8. The molecule has 2 rings (SSSR count). The maximum absolute atomic E-state index is 12.1. The monoisotopic (exact) mass is 225 g/mol. The number of β-amino-alcohol motifs (C(OH)–C–C–N with tert-alkyl or cyclic N) is 1. The number of hydrogen-bond acceptors (Lipinski definition) is 2. The minimum atomic E-state index is -0.577. The molecule has 0 radical (unpaired) electrons. The molecule has 0 bridgehead atoms. The van der Waals surface area contributed by atoms with Gasteiger partial charge in [-0.15, -0.1) is 0 Å². The van der Waals surface area contributed by atoms with E-state index in [1.54, 1.807) is 0 Å². The van der Waals surface area contributed by atoms with Gasteiger partial charge in [-0.25, -0.2) is 0 Å². The summed E-state index contributed by atoms with van der Waals surface area (Å²) in [5.41, 5.74) is -0.577. The number of likely N-dealkylation sites (tertiary alicyclic amines) is 1. The molecule has 2 unspecified atom stereocenters. The molecule has 3 nitrogen and oxygen atoms in total. The highest BCUT2D eigenvalue weighted by Crippen LogP contribution is 2.35. The smallest absolute Gasteiger partial charge is 0.226 e. The predicted molar refractivity (Wildman–Crippen MR) is 62.9 cm³/mol. The topological polar surface area (TPSA) is 40.5 Å². The van der Waals surface area contributed by atoms with Crippen molar-refractivity contribution < 1.29 is 9.90 Å². The van der Waals surface area contributed by atoms with E-state index in [-0.39, 0.29) is 11.8 Å². The van der Waals surface area contributed by atoms with E-state index in [0.717, 1.165) is 19.3 Å². The summed E-state index contributed by atoms with van der Waals surface area (Å²) in [5, 5.41) is 10.0. The van der Waals surface area contributed by atoms with Crippen LogP contribution in [0.2, 0.25) is 0 Å². The van der Waals surface area contributed by atoms with Crippen molar-refractivity contribution in [3.8, 4) is 0 Å².